The minimum Gasteiger partial charge on any atom is -0.457 e. The molecular weight excluding hydrogens is 368 g/mol. The highest BCUT2D eigenvalue weighted by Gasteiger charge is 2.31. The van der Waals surface area contributed by atoms with E-state index < -0.39 is 0 Å². The van der Waals surface area contributed by atoms with Crippen molar-refractivity contribution >= 4 is 23.5 Å². The van der Waals surface area contributed by atoms with Gasteiger partial charge in [0.05, 0.1) is 0 Å². The van der Waals surface area contributed by atoms with Crippen molar-refractivity contribution in [2.24, 2.45) is 0 Å². The van der Waals surface area contributed by atoms with E-state index in [2.05, 4.69) is 5.32 Å². The lowest BCUT2D eigenvalue weighted by Crippen LogP contribution is -2.34. The number of anilines is 1. The number of nitrogens with one attached hydrogen (secondary N) is 1. The Morgan fingerprint density at radius 3 is 2.61 bits per heavy atom. The van der Waals surface area contributed by atoms with E-state index in [1.807, 2.05) is 90.7 Å². The number of para-hydroxylation sites is 1. The second kappa shape index (κ2) is 8.40. The fourth-order valence-electron chi connectivity index (χ4n) is 3.23. The number of amides is 2. The highest BCUT2D eigenvalue weighted by atomic mass is 32.2. The van der Waals surface area contributed by atoms with Gasteiger partial charge in [-0.05, 0) is 54.4 Å². The van der Waals surface area contributed by atoms with Crippen molar-refractivity contribution in [1.29, 1.82) is 0 Å². The number of thioether (sulfide) groups is 1. The third kappa shape index (κ3) is 4.31. The lowest BCUT2D eigenvalue weighted by Gasteiger charge is -2.25. The SMILES string of the molecule is Cc1cccc(NC(=O)N2CCS[C@H]2c2cccc(Oc3ccccc3)c2)c1. The first-order valence-corrected chi connectivity index (χ1v) is 10.3. The summed E-state index contributed by atoms with van der Waals surface area (Å²) < 4.78 is 5.95. The molecule has 0 saturated carbocycles. The third-order valence-electron chi connectivity index (χ3n) is 4.54. The Kier molecular flexibility index (Phi) is 5.53. The summed E-state index contributed by atoms with van der Waals surface area (Å²) in [4.78, 5) is 14.7. The number of nitrogens with zero attached hydrogens (tertiary/aromatic N) is 1. The predicted octanol–water partition coefficient (Wildman–Crippen LogP) is 6.07. The number of hydrogen-bond acceptors (Lipinski definition) is 3. The summed E-state index contributed by atoms with van der Waals surface area (Å²) in [5.41, 5.74) is 3.01. The van der Waals surface area contributed by atoms with Gasteiger partial charge >= 0.3 is 6.03 Å². The average Bonchev–Trinajstić information content (AvgIpc) is 3.19. The summed E-state index contributed by atoms with van der Waals surface area (Å²) in [6.07, 6.45) is 0. The minimum absolute atomic E-state index is 0.0240. The molecule has 1 aliphatic heterocycles. The number of rotatable bonds is 4. The number of ether oxygens (including phenoxy) is 1. The summed E-state index contributed by atoms with van der Waals surface area (Å²) >= 11 is 1.77. The molecule has 28 heavy (non-hydrogen) atoms. The molecule has 1 heterocycles. The maximum atomic E-state index is 12.9. The van der Waals surface area contributed by atoms with E-state index in [0.717, 1.165) is 40.6 Å². The van der Waals surface area contributed by atoms with Gasteiger partial charge < -0.3 is 15.0 Å². The largest absolute Gasteiger partial charge is 0.457 e. The van der Waals surface area contributed by atoms with E-state index >= 15 is 0 Å². The lowest BCUT2D eigenvalue weighted by molar-refractivity contribution is 0.214. The van der Waals surface area contributed by atoms with Crippen LogP contribution in [0.4, 0.5) is 10.5 Å². The smallest absolute Gasteiger partial charge is 0.323 e. The molecule has 0 aromatic heterocycles. The topological polar surface area (TPSA) is 41.6 Å². The van der Waals surface area contributed by atoms with Crippen molar-refractivity contribution < 1.29 is 9.53 Å². The molecule has 5 heteroatoms. The van der Waals surface area contributed by atoms with Crippen LogP contribution in [0, 0.1) is 6.92 Å². The molecule has 4 rings (SSSR count). The molecule has 1 saturated heterocycles. The van der Waals surface area contributed by atoms with E-state index in [-0.39, 0.29) is 11.4 Å². The van der Waals surface area contributed by atoms with Crippen LogP contribution in [0.15, 0.2) is 78.9 Å². The highest BCUT2D eigenvalue weighted by molar-refractivity contribution is 7.99. The van der Waals surface area contributed by atoms with Crippen LogP contribution in [-0.2, 0) is 0 Å². The quantitative estimate of drug-likeness (QED) is 0.588. The van der Waals surface area contributed by atoms with Crippen LogP contribution in [0.5, 0.6) is 11.5 Å². The molecule has 0 spiro atoms. The molecule has 1 atom stereocenters. The van der Waals surface area contributed by atoms with Gasteiger partial charge in [-0.2, -0.15) is 0 Å². The summed E-state index contributed by atoms with van der Waals surface area (Å²) in [5.74, 6) is 2.48. The van der Waals surface area contributed by atoms with Crippen LogP contribution in [0.3, 0.4) is 0 Å². The van der Waals surface area contributed by atoms with Crippen molar-refractivity contribution in [2.45, 2.75) is 12.3 Å². The Labute approximate surface area is 169 Å². The minimum atomic E-state index is -0.0741. The van der Waals surface area contributed by atoms with Gasteiger partial charge in [-0.1, -0.05) is 42.5 Å². The fraction of sp³-hybridized carbons (Fsp3) is 0.174. The number of benzene rings is 3. The standard InChI is InChI=1S/C23H22N2O2S/c1-17-7-5-9-19(15-17)24-23(26)25-13-14-28-22(25)18-8-6-12-21(16-18)27-20-10-3-2-4-11-20/h2-12,15-16,22H,13-14H2,1H3,(H,24,26)/t22-/m0/s1. The maximum Gasteiger partial charge on any atom is 0.323 e. The molecule has 4 nitrogen and oxygen atoms in total. The Morgan fingerprint density at radius 2 is 1.79 bits per heavy atom. The monoisotopic (exact) mass is 390 g/mol. The van der Waals surface area contributed by atoms with Gasteiger partial charge in [0, 0.05) is 18.0 Å². The Balaban J connectivity index is 1.50. The molecule has 3 aromatic carbocycles. The van der Waals surface area contributed by atoms with Crippen LogP contribution in [-0.4, -0.2) is 23.2 Å². The van der Waals surface area contributed by atoms with Gasteiger partial charge in [0.25, 0.3) is 0 Å². The first-order valence-electron chi connectivity index (χ1n) is 9.28. The van der Waals surface area contributed by atoms with Gasteiger partial charge in [0.1, 0.15) is 16.9 Å². The Hall–Kier alpha value is -2.92. The maximum absolute atomic E-state index is 12.9. The Bertz CT molecular complexity index is 962. The van der Waals surface area contributed by atoms with E-state index in [1.165, 1.54) is 0 Å². The number of carbonyl (C=O) groups excluding carboxylic acids is 1. The highest BCUT2D eigenvalue weighted by Crippen LogP contribution is 2.39. The van der Waals surface area contributed by atoms with Crippen LogP contribution < -0.4 is 10.1 Å². The van der Waals surface area contributed by atoms with Crippen molar-refractivity contribution in [2.75, 3.05) is 17.6 Å². The average molecular weight is 391 g/mol. The van der Waals surface area contributed by atoms with E-state index in [4.69, 9.17) is 4.74 Å². The molecular formula is C23H22N2O2S. The first kappa shape index (κ1) is 18.4. The predicted molar refractivity (Wildman–Crippen MR) is 115 cm³/mol. The summed E-state index contributed by atoms with van der Waals surface area (Å²) in [5, 5.41) is 3.00. The van der Waals surface area contributed by atoms with Crippen LogP contribution in [0.1, 0.15) is 16.5 Å². The van der Waals surface area contributed by atoms with Crippen LogP contribution in [0.2, 0.25) is 0 Å². The first-order chi connectivity index (χ1) is 13.7. The molecule has 1 N–H and O–H groups in total. The lowest BCUT2D eigenvalue weighted by atomic mass is 10.2. The summed E-state index contributed by atoms with van der Waals surface area (Å²) in [7, 11) is 0. The van der Waals surface area contributed by atoms with Crippen molar-refractivity contribution in [3.63, 3.8) is 0 Å². The van der Waals surface area contributed by atoms with Gasteiger partial charge in [0.2, 0.25) is 0 Å². The third-order valence-corrected chi connectivity index (χ3v) is 5.80. The van der Waals surface area contributed by atoms with Crippen LogP contribution in [0.25, 0.3) is 0 Å². The van der Waals surface area contributed by atoms with Crippen molar-refractivity contribution in [3.05, 3.63) is 90.0 Å². The summed E-state index contributed by atoms with van der Waals surface area (Å²) in [6.45, 7) is 2.74. The van der Waals surface area contributed by atoms with Gasteiger partial charge in [0.15, 0.2) is 0 Å². The normalized spacial score (nSPS) is 16.0. The molecule has 0 unspecified atom stereocenters. The number of aryl methyl sites for hydroxylation is 1. The molecule has 0 aliphatic carbocycles. The van der Waals surface area contributed by atoms with Gasteiger partial charge in [-0.15, -0.1) is 11.8 Å². The number of hydrogen-bond donors (Lipinski definition) is 1. The number of carbonyl (C=O) groups is 1. The van der Waals surface area contributed by atoms with Crippen LogP contribution >= 0.6 is 11.8 Å². The number of urea groups is 1. The zero-order chi connectivity index (χ0) is 19.3. The Morgan fingerprint density at radius 1 is 1.00 bits per heavy atom. The van der Waals surface area contributed by atoms with Gasteiger partial charge in [-0.25, -0.2) is 4.79 Å². The zero-order valence-electron chi connectivity index (χ0n) is 15.7. The molecule has 3 aromatic rings. The molecule has 142 valence electrons. The molecule has 0 radical (unpaired) electrons. The molecule has 2 amide bonds. The second-order valence-corrected chi connectivity index (χ2v) is 7.89. The fourth-order valence-corrected chi connectivity index (χ4v) is 4.47. The second-order valence-electron chi connectivity index (χ2n) is 6.70. The summed E-state index contributed by atoms with van der Waals surface area (Å²) in [6, 6.07) is 25.5. The molecule has 0 bridgehead atoms. The van der Waals surface area contributed by atoms with E-state index in [1.54, 1.807) is 11.8 Å². The van der Waals surface area contributed by atoms with Crippen molar-refractivity contribution in [3.8, 4) is 11.5 Å². The van der Waals surface area contributed by atoms with Gasteiger partial charge in [-0.3, -0.25) is 0 Å². The molecule has 1 aliphatic rings. The van der Waals surface area contributed by atoms with E-state index in [9.17, 15) is 4.79 Å². The zero-order valence-corrected chi connectivity index (χ0v) is 16.5. The molecule has 1 fully saturated rings. The van der Waals surface area contributed by atoms with E-state index in [0.29, 0.717) is 0 Å². The van der Waals surface area contributed by atoms with Crippen molar-refractivity contribution in [1.82, 2.24) is 4.90 Å².